The van der Waals surface area contributed by atoms with E-state index in [0.29, 0.717) is 0 Å². The molecule has 0 bridgehead atoms. The fourth-order valence-electron chi connectivity index (χ4n) is 1.98. The summed E-state index contributed by atoms with van der Waals surface area (Å²) in [5, 5.41) is 2.78. The Morgan fingerprint density at radius 3 is 2.60 bits per heavy atom. The zero-order chi connectivity index (χ0) is 18.1. The number of rotatable bonds is 7. The van der Waals surface area contributed by atoms with Crippen molar-refractivity contribution in [2.45, 2.75) is 13.0 Å². The molecule has 130 valence electrons. The van der Waals surface area contributed by atoms with Gasteiger partial charge in [0, 0.05) is 18.2 Å². The van der Waals surface area contributed by atoms with Crippen LogP contribution in [-0.4, -0.2) is 18.4 Å². The van der Waals surface area contributed by atoms with E-state index < -0.39 is 11.8 Å². The molecule has 6 heteroatoms. The van der Waals surface area contributed by atoms with Gasteiger partial charge < -0.3 is 10.1 Å². The molecule has 1 N–H and O–H groups in total. The minimum Gasteiger partial charge on any atom is -0.461 e. The van der Waals surface area contributed by atoms with Crippen molar-refractivity contribution in [3.8, 4) is 0 Å². The summed E-state index contributed by atoms with van der Waals surface area (Å²) in [6.45, 7) is -0.117. The average molecular weight is 362 g/mol. The number of amides is 1. The Kier molecular flexibility index (Phi) is 7.16. The third-order valence-electron chi connectivity index (χ3n) is 3.29. The molecule has 0 fully saturated rings. The first-order chi connectivity index (χ1) is 12.1. The van der Waals surface area contributed by atoms with Gasteiger partial charge in [-0.2, -0.15) is 0 Å². The molecule has 25 heavy (non-hydrogen) atoms. The van der Waals surface area contributed by atoms with Gasteiger partial charge in [0.2, 0.25) is 5.91 Å². The second-order valence-electron chi connectivity index (χ2n) is 5.15. The molecule has 2 aromatic carbocycles. The molecule has 0 aliphatic rings. The van der Waals surface area contributed by atoms with E-state index in [4.69, 9.17) is 16.3 Å². The first-order valence-electron chi connectivity index (χ1n) is 7.66. The molecule has 0 unspecified atom stereocenters. The molecule has 0 aliphatic heterocycles. The van der Waals surface area contributed by atoms with Gasteiger partial charge in [0.1, 0.15) is 12.4 Å². The highest BCUT2D eigenvalue weighted by atomic mass is 35.5. The van der Waals surface area contributed by atoms with E-state index in [1.807, 2.05) is 30.3 Å². The number of esters is 1. The van der Waals surface area contributed by atoms with Crippen molar-refractivity contribution in [2.24, 2.45) is 0 Å². The molecule has 4 nitrogen and oxygen atoms in total. The van der Waals surface area contributed by atoms with Gasteiger partial charge in [0.15, 0.2) is 0 Å². The highest BCUT2D eigenvalue weighted by Gasteiger charge is 2.10. The maximum absolute atomic E-state index is 13.5. The molecule has 0 heterocycles. The molecule has 0 aromatic heterocycles. The fraction of sp³-hybridized carbons (Fsp3) is 0.158. The van der Waals surface area contributed by atoms with Crippen LogP contribution in [0.5, 0.6) is 0 Å². The van der Waals surface area contributed by atoms with Gasteiger partial charge >= 0.3 is 5.97 Å². The highest BCUT2D eigenvalue weighted by Crippen LogP contribution is 2.19. The van der Waals surface area contributed by atoms with Crippen LogP contribution in [0.25, 0.3) is 6.08 Å². The molecule has 0 saturated heterocycles. The maximum Gasteiger partial charge on any atom is 0.307 e. The summed E-state index contributed by atoms with van der Waals surface area (Å²) in [5.74, 6) is -1.39. The molecule has 0 aliphatic carbocycles. The van der Waals surface area contributed by atoms with Gasteiger partial charge in [-0.1, -0.05) is 48.0 Å². The Balaban J connectivity index is 1.70. The van der Waals surface area contributed by atoms with E-state index in [1.165, 1.54) is 24.3 Å². The molecule has 0 saturated carbocycles. The molecule has 0 radical (unpaired) electrons. The lowest BCUT2D eigenvalue weighted by molar-refractivity contribution is -0.144. The third kappa shape index (κ3) is 6.39. The summed E-state index contributed by atoms with van der Waals surface area (Å²) in [4.78, 5) is 23.3. The largest absolute Gasteiger partial charge is 0.461 e. The summed E-state index contributed by atoms with van der Waals surface area (Å²) < 4.78 is 18.5. The van der Waals surface area contributed by atoms with Crippen molar-refractivity contribution in [3.63, 3.8) is 0 Å². The predicted octanol–water partition coefficient (Wildman–Crippen LogP) is 3.74. The number of halogens is 2. The van der Waals surface area contributed by atoms with E-state index in [2.05, 4.69) is 5.32 Å². The highest BCUT2D eigenvalue weighted by molar-refractivity contribution is 6.31. The SMILES string of the molecule is O=C(/C=C/c1ccccc1)NCCC(=O)OCc1c(F)cccc1Cl. The van der Waals surface area contributed by atoms with Crippen LogP contribution in [0.1, 0.15) is 17.5 Å². The van der Waals surface area contributed by atoms with Crippen LogP contribution >= 0.6 is 11.6 Å². The average Bonchev–Trinajstić information content (AvgIpc) is 2.60. The smallest absolute Gasteiger partial charge is 0.307 e. The molecule has 1 amide bonds. The molecule has 0 spiro atoms. The number of carbonyl (C=O) groups excluding carboxylic acids is 2. The zero-order valence-corrected chi connectivity index (χ0v) is 14.1. The normalized spacial score (nSPS) is 10.6. The standard InChI is InChI=1S/C19H17ClFNO3/c20-16-7-4-8-17(21)15(16)13-25-19(24)11-12-22-18(23)10-9-14-5-2-1-3-6-14/h1-10H,11-13H2,(H,22,23)/b10-9+. The van der Waals surface area contributed by atoms with Crippen LogP contribution < -0.4 is 5.32 Å². The summed E-state index contributed by atoms with van der Waals surface area (Å²) in [6.07, 6.45) is 3.05. The monoisotopic (exact) mass is 361 g/mol. The number of carbonyl (C=O) groups is 2. The Morgan fingerprint density at radius 2 is 1.88 bits per heavy atom. The van der Waals surface area contributed by atoms with Gasteiger partial charge in [0.25, 0.3) is 0 Å². The summed E-state index contributed by atoms with van der Waals surface area (Å²) >= 11 is 5.85. The first-order valence-corrected chi connectivity index (χ1v) is 8.03. The maximum atomic E-state index is 13.5. The van der Waals surface area contributed by atoms with Gasteiger partial charge in [-0.3, -0.25) is 9.59 Å². The minimum absolute atomic E-state index is 0.0169. The summed E-state index contributed by atoms with van der Waals surface area (Å²) in [7, 11) is 0. The van der Waals surface area contributed by atoms with Crippen molar-refractivity contribution in [1.29, 1.82) is 0 Å². The molecule has 2 rings (SSSR count). The van der Waals surface area contributed by atoms with Gasteiger partial charge in [-0.15, -0.1) is 0 Å². The van der Waals surface area contributed by atoms with Gasteiger partial charge in [-0.25, -0.2) is 4.39 Å². The quantitative estimate of drug-likeness (QED) is 0.603. The van der Waals surface area contributed by atoms with Crippen LogP contribution in [0.15, 0.2) is 54.6 Å². The van der Waals surface area contributed by atoms with E-state index in [1.54, 1.807) is 6.08 Å². The number of hydrogen-bond donors (Lipinski definition) is 1. The van der Waals surface area contributed by atoms with Crippen molar-refractivity contribution in [2.75, 3.05) is 6.54 Å². The Hall–Kier alpha value is -2.66. The lowest BCUT2D eigenvalue weighted by Crippen LogP contribution is -2.24. The second kappa shape index (κ2) is 9.59. The van der Waals surface area contributed by atoms with E-state index in [0.717, 1.165) is 5.56 Å². The number of nitrogens with one attached hydrogen (secondary N) is 1. The zero-order valence-electron chi connectivity index (χ0n) is 13.4. The summed E-state index contributed by atoms with van der Waals surface area (Å²) in [6, 6.07) is 13.6. The van der Waals surface area contributed by atoms with E-state index >= 15 is 0 Å². The van der Waals surface area contributed by atoms with Crippen LogP contribution in [-0.2, 0) is 20.9 Å². The van der Waals surface area contributed by atoms with Crippen molar-refractivity contribution in [3.05, 3.63) is 76.6 Å². The Bertz CT molecular complexity index is 742. The fourth-order valence-corrected chi connectivity index (χ4v) is 2.20. The Labute approximate surface area is 150 Å². The van der Waals surface area contributed by atoms with Crippen LogP contribution in [0.2, 0.25) is 5.02 Å². The van der Waals surface area contributed by atoms with Crippen molar-refractivity contribution < 1.29 is 18.7 Å². The third-order valence-corrected chi connectivity index (χ3v) is 3.65. The number of benzene rings is 2. The van der Waals surface area contributed by atoms with Crippen LogP contribution in [0.4, 0.5) is 4.39 Å². The van der Waals surface area contributed by atoms with Crippen molar-refractivity contribution in [1.82, 2.24) is 5.32 Å². The van der Waals surface area contributed by atoms with E-state index in [9.17, 15) is 14.0 Å². The van der Waals surface area contributed by atoms with E-state index in [-0.39, 0.29) is 36.1 Å². The number of ether oxygens (including phenoxy) is 1. The lowest BCUT2D eigenvalue weighted by Gasteiger charge is -2.07. The molecular weight excluding hydrogens is 345 g/mol. The second-order valence-corrected chi connectivity index (χ2v) is 5.55. The lowest BCUT2D eigenvalue weighted by atomic mass is 10.2. The van der Waals surface area contributed by atoms with Gasteiger partial charge in [0.05, 0.1) is 11.4 Å². The molecular formula is C19H17ClFNO3. The first kappa shape index (κ1) is 18.7. The van der Waals surface area contributed by atoms with Crippen LogP contribution in [0.3, 0.4) is 0 Å². The number of hydrogen-bond acceptors (Lipinski definition) is 3. The van der Waals surface area contributed by atoms with Crippen molar-refractivity contribution >= 4 is 29.6 Å². The Morgan fingerprint density at radius 1 is 1.12 bits per heavy atom. The predicted molar refractivity (Wildman–Crippen MR) is 94.3 cm³/mol. The molecule has 0 atom stereocenters. The topological polar surface area (TPSA) is 55.4 Å². The molecule has 2 aromatic rings. The minimum atomic E-state index is -0.549. The van der Waals surface area contributed by atoms with Gasteiger partial charge in [-0.05, 0) is 23.8 Å². The van der Waals surface area contributed by atoms with Crippen LogP contribution in [0, 0.1) is 5.82 Å². The summed E-state index contributed by atoms with van der Waals surface area (Å²) in [5.41, 5.74) is 1.03.